The molecule has 1 aliphatic rings. The van der Waals surface area contributed by atoms with Crippen LogP contribution >= 0.6 is 0 Å². The van der Waals surface area contributed by atoms with Gasteiger partial charge in [0.05, 0.1) is 6.04 Å². The van der Waals surface area contributed by atoms with Crippen molar-refractivity contribution in [2.75, 3.05) is 0 Å². The van der Waals surface area contributed by atoms with E-state index in [4.69, 9.17) is 0 Å². The summed E-state index contributed by atoms with van der Waals surface area (Å²) in [6.45, 7) is 5.18. The van der Waals surface area contributed by atoms with Gasteiger partial charge in [-0.1, -0.05) is 30.3 Å². The first kappa shape index (κ1) is 8.17. The summed E-state index contributed by atoms with van der Waals surface area (Å²) in [6.07, 6.45) is 3.86. The highest BCUT2D eigenvalue weighted by Crippen LogP contribution is 2.21. The zero-order chi connectivity index (χ0) is 9.10. The van der Waals surface area contributed by atoms with Crippen molar-refractivity contribution in [1.82, 2.24) is 10.2 Å². The first-order valence-electron chi connectivity index (χ1n) is 4.39. The van der Waals surface area contributed by atoms with Crippen molar-refractivity contribution in [2.45, 2.75) is 13.0 Å². The minimum atomic E-state index is 0.340. The van der Waals surface area contributed by atoms with Crippen molar-refractivity contribution >= 4 is 0 Å². The Morgan fingerprint density at radius 2 is 2.08 bits per heavy atom. The van der Waals surface area contributed by atoms with E-state index in [1.165, 1.54) is 5.56 Å². The van der Waals surface area contributed by atoms with Crippen LogP contribution < -0.4 is 5.32 Å². The van der Waals surface area contributed by atoms with Crippen LogP contribution in [0.2, 0.25) is 0 Å². The lowest BCUT2D eigenvalue weighted by molar-refractivity contribution is 0.365. The van der Waals surface area contributed by atoms with E-state index in [2.05, 4.69) is 43.2 Å². The standard InChI is InChI=1S/C11H12N2/c1-10(13-8-7-12-9-13)11-5-3-2-4-6-11/h2-8,10,12H,1H3. The van der Waals surface area contributed by atoms with Gasteiger partial charge in [0.25, 0.3) is 0 Å². The van der Waals surface area contributed by atoms with E-state index in [9.17, 15) is 0 Å². The van der Waals surface area contributed by atoms with E-state index in [1.807, 2.05) is 23.4 Å². The third-order valence-corrected chi connectivity index (χ3v) is 2.21. The normalized spacial score (nSPS) is 17.2. The third-order valence-electron chi connectivity index (χ3n) is 2.21. The summed E-state index contributed by atoms with van der Waals surface area (Å²) in [4.78, 5) is 2.02. The van der Waals surface area contributed by atoms with Crippen LogP contribution in [0.15, 0.2) is 42.7 Å². The quantitative estimate of drug-likeness (QED) is 0.735. The summed E-state index contributed by atoms with van der Waals surface area (Å²) in [6, 6.07) is 10.7. The van der Waals surface area contributed by atoms with Gasteiger partial charge in [0.1, 0.15) is 0 Å². The van der Waals surface area contributed by atoms with Gasteiger partial charge < -0.3 is 10.2 Å². The van der Waals surface area contributed by atoms with Crippen LogP contribution in [0.25, 0.3) is 0 Å². The first-order valence-corrected chi connectivity index (χ1v) is 4.39. The summed E-state index contributed by atoms with van der Waals surface area (Å²) in [5.41, 5.74) is 1.29. The highest BCUT2D eigenvalue weighted by Gasteiger charge is 2.14. The fourth-order valence-corrected chi connectivity index (χ4v) is 1.38. The SMILES string of the molecule is CC(c1ccccc1)N1[C]NC=C1. The minimum Gasteiger partial charge on any atom is -0.360 e. The number of nitrogens with zero attached hydrogens (tertiary/aromatic N) is 1. The number of hydrogen-bond acceptors (Lipinski definition) is 2. The molecule has 2 radical (unpaired) electrons. The van der Waals surface area contributed by atoms with E-state index in [0.717, 1.165) is 0 Å². The molecule has 66 valence electrons. The summed E-state index contributed by atoms with van der Waals surface area (Å²) in [7, 11) is 0. The van der Waals surface area contributed by atoms with E-state index in [1.54, 1.807) is 0 Å². The number of nitrogens with one attached hydrogen (secondary N) is 1. The van der Waals surface area contributed by atoms with Gasteiger partial charge in [-0.15, -0.1) is 0 Å². The topological polar surface area (TPSA) is 15.3 Å². The lowest BCUT2D eigenvalue weighted by Crippen LogP contribution is -2.18. The second-order valence-corrected chi connectivity index (χ2v) is 3.07. The molecule has 0 aliphatic carbocycles. The molecule has 0 amide bonds. The van der Waals surface area contributed by atoms with Crippen molar-refractivity contribution in [3.63, 3.8) is 0 Å². The Balaban J connectivity index is 2.13. The summed E-state index contributed by atoms with van der Waals surface area (Å²) >= 11 is 0. The van der Waals surface area contributed by atoms with Crippen LogP contribution in [-0.2, 0) is 0 Å². The van der Waals surface area contributed by atoms with E-state index in [-0.39, 0.29) is 0 Å². The third kappa shape index (κ3) is 1.66. The molecular formula is C11H12N2. The van der Waals surface area contributed by atoms with E-state index in [0.29, 0.717) is 6.04 Å². The van der Waals surface area contributed by atoms with Gasteiger partial charge in [-0.2, -0.15) is 0 Å². The van der Waals surface area contributed by atoms with Crippen LogP contribution in [0.1, 0.15) is 18.5 Å². The molecule has 0 aromatic heterocycles. The molecule has 13 heavy (non-hydrogen) atoms. The van der Waals surface area contributed by atoms with Crippen molar-refractivity contribution in [3.05, 3.63) is 55.0 Å². The molecule has 1 heterocycles. The average Bonchev–Trinajstić information content (AvgIpc) is 2.71. The molecule has 1 aliphatic heterocycles. The van der Waals surface area contributed by atoms with Gasteiger partial charge in [0.2, 0.25) is 6.67 Å². The predicted molar refractivity (Wildman–Crippen MR) is 52.2 cm³/mol. The molecule has 0 bridgehead atoms. The van der Waals surface area contributed by atoms with Gasteiger partial charge in [0.15, 0.2) is 0 Å². The van der Waals surface area contributed by atoms with Crippen LogP contribution in [0.3, 0.4) is 0 Å². The average molecular weight is 172 g/mol. The zero-order valence-corrected chi connectivity index (χ0v) is 7.57. The molecule has 2 nitrogen and oxygen atoms in total. The molecule has 0 saturated heterocycles. The Bertz CT molecular complexity index is 292. The minimum absolute atomic E-state index is 0.340. The Labute approximate surface area is 78.9 Å². The monoisotopic (exact) mass is 172 g/mol. The number of benzene rings is 1. The van der Waals surface area contributed by atoms with E-state index < -0.39 is 0 Å². The molecule has 1 N–H and O–H groups in total. The van der Waals surface area contributed by atoms with Crippen molar-refractivity contribution in [1.29, 1.82) is 0 Å². The van der Waals surface area contributed by atoms with Gasteiger partial charge in [0, 0.05) is 12.4 Å². The molecule has 2 heteroatoms. The Morgan fingerprint density at radius 1 is 1.31 bits per heavy atom. The van der Waals surface area contributed by atoms with Gasteiger partial charge in [-0.3, -0.25) is 0 Å². The molecule has 0 saturated carbocycles. The molecule has 0 spiro atoms. The Hall–Kier alpha value is -1.44. The summed E-state index contributed by atoms with van der Waals surface area (Å²) < 4.78 is 0. The number of rotatable bonds is 2. The lowest BCUT2D eigenvalue weighted by Gasteiger charge is -2.22. The van der Waals surface area contributed by atoms with Crippen molar-refractivity contribution in [2.24, 2.45) is 0 Å². The van der Waals surface area contributed by atoms with Crippen LogP contribution in [0.5, 0.6) is 0 Å². The first-order chi connectivity index (χ1) is 6.38. The van der Waals surface area contributed by atoms with Crippen molar-refractivity contribution < 1.29 is 0 Å². The maximum atomic E-state index is 3.03. The maximum absolute atomic E-state index is 3.03. The largest absolute Gasteiger partial charge is 0.360 e. The molecule has 1 unspecified atom stereocenters. The second-order valence-electron chi connectivity index (χ2n) is 3.07. The molecule has 1 aromatic carbocycles. The molecule has 1 atom stereocenters. The molecular weight excluding hydrogens is 160 g/mol. The zero-order valence-electron chi connectivity index (χ0n) is 7.57. The number of hydrogen-bond donors (Lipinski definition) is 1. The van der Waals surface area contributed by atoms with Crippen LogP contribution in [-0.4, -0.2) is 4.90 Å². The fraction of sp³-hybridized carbons (Fsp3) is 0.182. The molecule has 2 rings (SSSR count). The van der Waals surface area contributed by atoms with Crippen molar-refractivity contribution in [3.8, 4) is 0 Å². The fourth-order valence-electron chi connectivity index (χ4n) is 1.38. The summed E-state index contributed by atoms with van der Waals surface area (Å²) in [5.74, 6) is 0. The smallest absolute Gasteiger partial charge is 0.205 e. The Morgan fingerprint density at radius 3 is 2.69 bits per heavy atom. The lowest BCUT2D eigenvalue weighted by atomic mass is 10.1. The van der Waals surface area contributed by atoms with Gasteiger partial charge in [-0.25, -0.2) is 0 Å². The van der Waals surface area contributed by atoms with E-state index >= 15 is 0 Å². The highest BCUT2D eigenvalue weighted by molar-refractivity contribution is 5.20. The Kier molecular flexibility index (Phi) is 2.21. The van der Waals surface area contributed by atoms with Crippen LogP contribution in [0.4, 0.5) is 0 Å². The van der Waals surface area contributed by atoms with Gasteiger partial charge >= 0.3 is 0 Å². The molecule has 1 aromatic rings. The maximum Gasteiger partial charge on any atom is 0.205 e. The van der Waals surface area contributed by atoms with Gasteiger partial charge in [-0.05, 0) is 12.5 Å². The second kappa shape index (κ2) is 3.52. The highest BCUT2D eigenvalue weighted by atomic mass is 15.3. The summed E-state index contributed by atoms with van der Waals surface area (Å²) in [5, 5.41) is 2.92. The molecule has 0 fully saturated rings. The van der Waals surface area contributed by atoms with Crippen LogP contribution in [0, 0.1) is 6.67 Å². The predicted octanol–water partition coefficient (Wildman–Crippen LogP) is 2.12.